The number of rotatable bonds is 9. The zero-order valence-corrected chi connectivity index (χ0v) is 29.8. The smallest absolute Gasteiger partial charge is 0.282 e. The van der Waals surface area contributed by atoms with Crippen LogP contribution in [-0.4, -0.2) is 104 Å². The van der Waals surface area contributed by atoms with Gasteiger partial charge in [0.25, 0.3) is 80.9 Å². The third kappa shape index (κ3) is 7.61. The first-order chi connectivity index (χ1) is 19.8. The Balaban J connectivity index is 4.34. The number of hydrogen-bond acceptors (Lipinski definition) is 16. The van der Waals surface area contributed by atoms with Gasteiger partial charge in [-0.3, -0.25) is 36.4 Å². The van der Waals surface area contributed by atoms with Gasteiger partial charge in [-0.05, 0) is 31.9 Å². The van der Waals surface area contributed by atoms with Crippen LogP contribution in [0, 0.1) is 0 Å². The Morgan fingerprint density at radius 3 is 0.457 bits per heavy atom. The van der Waals surface area contributed by atoms with E-state index in [-0.39, 0.29) is 0 Å². The van der Waals surface area contributed by atoms with Gasteiger partial charge < -0.3 is 0 Å². The fraction of sp³-hybridized carbons (Fsp3) is 0. The Labute approximate surface area is 273 Å². The normalized spacial score (nSPS) is 14.4. The number of halogens is 2. The molecular formula is C12H8Br2O24S8. The van der Waals surface area contributed by atoms with Gasteiger partial charge in [-0.25, -0.2) is 0 Å². The predicted octanol–water partition coefficient (Wildman–Crippen LogP) is -1.15. The number of hydrogen-bond donors (Lipinski definition) is 8. The van der Waals surface area contributed by atoms with E-state index in [1.807, 2.05) is 31.9 Å². The monoisotopic (exact) mass is 950 g/mol. The summed E-state index contributed by atoms with van der Waals surface area (Å²) >= 11 is 3.84. The molecule has 0 heterocycles. The predicted molar refractivity (Wildman–Crippen MR) is 146 cm³/mol. The summed E-state index contributed by atoms with van der Waals surface area (Å²) in [7, 11) is -54.1. The van der Waals surface area contributed by atoms with E-state index >= 15 is 0 Å². The first-order valence-electron chi connectivity index (χ1n) is 9.39. The van der Waals surface area contributed by atoms with Crippen LogP contribution in [0.15, 0.2) is 48.1 Å². The SMILES string of the molecule is O=S(=O)(O)c1c(Br)c(S(=O)(=O)O)c(S(=O)(=O)O)c(-c2c(S(=O)(=O)O)c(S(=O)(=O)O)c(Br)c(S(=O)(=O)O)c2S(=O)(=O)O)c1S(=O)(=O)O. The lowest BCUT2D eigenvalue weighted by Gasteiger charge is -2.24. The van der Waals surface area contributed by atoms with Crippen molar-refractivity contribution in [2.45, 2.75) is 39.2 Å². The van der Waals surface area contributed by atoms with Gasteiger partial charge in [0.05, 0.1) is 8.95 Å². The summed E-state index contributed by atoms with van der Waals surface area (Å²) in [5.74, 6) is 0. The lowest BCUT2D eigenvalue weighted by atomic mass is 10.0. The first-order valence-corrected chi connectivity index (χ1v) is 22.5. The molecule has 0 aliphatic rings. The zero-order valence-electron chi connectivity index (χ0n) is 20.1. The summed E-state index contributed by atoms with van der Waals surface area (Å²) in [6.45, 7) is 0. The Morgan fingerprint density at radius 2 is 0.370 bits per heavy atom. The second-order valence-corrected chi connectivity index (χ2v) is 20.3. The van der Waals surface area contributed by atoms with Crippen LogP contribution in [0.3, 0.4) is 0 Å². The van der Waals surface area contributed by atoms with Crippen molar-refractivity contribution in [1.29, 1.82) is 0 Å². The maximum absolute atomic E-state index is 12.5. The van der Waals surface area contributed by atoms with Crippen LogP contribution in [0.4, 0.5) is 0 Å². The molecule has 262 valence electrons. The summed E-state index contributed by atoms with van der Waals surface area (Å²) in [5.41, 5.74) is -6.20. The van der Waals surface area contributed by atoms with Crippen LogP contribution < -0.4 is 0 Å². The van der Waals surface area contributed by atoms with E-state index in [0.717, 1.165) is 0 Å². The van der Waals surface area contributed by atoms with E-state index in [0.29, 0.717) is 0 Å². The minimum atomic E-state index is -6.90. The lowest BCUT2D eigenvalue weighted by Crippen LogP contribution is -2.23. The highest BCUT2D eigenvalue weighted by Gasteiger charge is 2.49. The zero-order chi connectivity index (χ0) is 36.9. The molecule has 46 heavy (non-hydrogen) atoms. The molecule has 2 aromatic carbocycles. The molecule has 0 amide bonds. The fourth-order valence-electron chi connectivity index (χ4n) is 3.63. The van der Waals surface area contributed by atoms with Gasteiger partial charge in [0.2, 0.25) is 0 Å². The maximum Gasteiger partial charge on any atom is 0.297 e. The average Bonchev–Trinajstić information content (AvgIpc) is 2.71. The van der Waals surface area contributed by atoms with Crippen LogP contribution in [-0.2, 0) is 80.9 Å². The standard InChI is InChI=1S/C12H8Br2O24S8/c13-3-9(43(27,28)29)5(39(15,16)17)1(6(40(18,19)20)10(3)44(30,31)32)2-7(41(21,22)23)11(45(33,34)35)4(14)12(46(36,37)38)8(2)42(24,25)26/h(H,15,16,17)(H,18,19,20)(H,21,22,23)(H,24,25,26)(H,27,28,29)(H,30,31,32)(H,33,34,35)(H,36,37,38). The van der Waals surface area contributed by atoms with Crippen LogP contribution >= 0.6 is 31.9 Å². The molecule has 0 fully saturated rings. The molecular weight excluding hydrogens is 944 g/mol. The third-order valence-corrected chi connectivity index (χ3v) is 15.4. The van der Waals surface area contributed by atoms with Gasteiger partial charge in [0, 0.05) is 11.1 Å². The van der Waals surface area contributed by atoms with Gasteiger partial charge >= 0.3 is 0 Å². The van der Waals surface area contributed by atoms with Crippen molar-refractivity contribution in [2.24, 2.45) is 0 Å². The highest BCUT2D eigenvalue weighted by atomic mass is 79.9. The topological polar surface area (TPSA) is 435 Å². The summed E-state index contributed by atoms with van der Waals surface area (Å²) in [6.07, 6.45) is 0. The maximum atomic E-state index is 12.5. The second-order valence-electron chi connectivity index (χ2n) is 7.81. The van der Waals surface area contributed by atoms with E-state index in [1.165, 1.54) is 0 Å². The Bertz CT molecular complexity index is 2290. The molecule has 0 spiro atoms. The third-order valence-electron chi connectivity index (χ3n) is 4.84. The molecule has 34 heteroatoms. The van der Waals surface area contributed by atoms with Crippen molar-refractivity contribution in [2.75, 3.05) is 0 Å². The van der Waals surface area contributed by atoms with Gasteiger partial charge in [-0.2, -0.15) is 67.3 Å². The Kier molecular flexibility index (Phi) is 10.3. The first kappa shape index (κ1) is 40.9. The Morgan fingerprint density at radius 1 is 0.261 bits per heavy atom. The lowest BCUT2D eigenvalue weighted by molar-refractivity contribution is 0.453. The van der Waals surface area contributed by atoms with Crippen molar-refractivity contribution in [3.63, 3.8) is 0 Å². The minimum absolute atomic E-state index is 1.92. The van der Waals surface area contributed by atoms with Crippen molar-refractivity contribution < 1.29 is 104 Å². The second kappa shape index (κ2) is 11.6. The highest BCUT2D eigenvalue weighted by Crippen LogP contribution is 2.53. The molecule has 0 bridgehead atoms. The van der Waals surface area contributed by atoms with E-state index in [2.05, 4.69) is 0 Å². The van der Waals surface area contributed by atoms with Gasteiger partial charge in [0.1, 0.15) is 39.2 Å². The van der Waals surface area contributed by atoms with Gasteiger partial charge in [-0.15, -0.1) is 0 Å². The average molecular weight is 953 g/mol. The molecule has 0 atom stereocenters. The quantitative estimate of drug-likeness (QED) is 0.138. The van der Waals surface area contributed by atoms with Crippen molar-refractivity contribution in [1.82, 2.24) is 0 Å². The molecule has 0 saturated heterocycles. The molecule has 0 aromatic heterocycles. The van der Waals surface area contributed by atoms with Gasteiger partial charge in [0.15, 0.2) is 0 Å². The Hall–Kier alpha value is -1.32. The molecule has 24 nitrogen and oxygen atoms in total. The molecule has 2 rings (SSSR count). The minimum Gasteiger partial charge on any atom is -0.282 e. The van der Waals surface area contributed by atoms with Crippen LogP contribution in [0.2, 0.25) is 0 Å². The summed E-state index contributed by atoms with van der Waals surface area (Å²) in [6, 6.07) is 0. The molecule has 0 radical (unpaired) electrons. The van der Waals surface area contributed by atoms with Crippen LogP contribution in [0.25, 0.3) is 11.1 Å². The van der Waals surface area contributed by atoms with E-state index in [1.54, 1.807) is 0 Å². The van der Waals surface area contributed by atoms with Crippen LogP contribution in [0.1, 0.15) is 0 Å². The van der Waals surface area contributed by atoms with Crippen LogP contribution in [0.5, 0.6) is 0 Å². The fourth-order valence-corrected chi connectivity index (χ4v) is 16.0. The molecule has 0 saturated carbocycles. The molecule has 0 aliphatic heterocycles. The van der Waals surface area contributed by atoms with Gasteiger partial charge in [-0.1, -0.05) is 0 Å². The number of benzene rings is 2. The highest BCUT2D eigenvalue weighted by molar-refractivity contribution is 9.10. The van der Waals surface area contributed by atoms with E-state index in [9.17, 15) is 104 Å². The molecule has 2 aromatic rings. The summed E-state index contributed by atoms with van der Waals surface area (Å²) in [4.78, 5) is -23.2. The molecule has 0 unspecified atom stereocenters. The molecule has 0 aliphatic carbocycles. The van der Waals surface area contributed by atoms with E-state index < -0.39 is 140 Å². The molecule has 8 N–H and O–H groups in total. The van der Waals surface area contributed by atoms with Crippen molar-refractivity contribution in [3.05, 3.63) is 8.95 Å². The summed E-state index contributed by atoms with van der Waals surface area (Å²) in [5, 5.41) is 0. The van der Waals surface area contributed by atoms with Crippen molar-refractivity contribution in [3.8, 4) is 11.1 Å². The van der Waals surface area contributed by atoms with E-state index in [4.69, 9.17) is 0 Å². The largest absolute Gasteiger partial charge is 0.297 e. The van der Waals surface area contributed by atoms with Crippen molar-refractivity contribution >= 4 is 113 Å². The summed E-state index contributed by atoms with van der Waals surface area (Å²) < 4.78 is 272.